The molecule has 0 aliphatic carbocycles. The summed E-state index contributed by atoms with van der Waals surface area (Å²) in [4.78, 5) is 10.4. The fourth-order valence-corrected chi connectivity index (χ4v) is 5.68. The van der Waals surface area contributed by atoms with Crippen molar-refractivity contribution in [1.82, 2.24) is 30.2 Å². The zero-order valence-corrected chi connectivity index (χ0v) is 21.0. The third-order valence-electron chi connectivity index (χ3n) is 7.86. The van der Waals surface area contributed by atoms with Crippen LogP contribution in [-0.2, 0) is 0 Å². The highest BCUT2D eigenvalue weighted by atomic mass is 16.3. The minimum atomic E-state index is 0.231. The van der Waals surface area contributed by atoms with Gasteiger partial charge in [-0.05, 0) is 44.1 Å². The largest absolute Gasteiger partial charge is 0.507 e. The van der Waals surface area contributed by atoms with Crippen molar-refractivity contribution in [1.29, 1.82) is 0 Å². The van der Waals surface area contributed by atoms with Crippen LogP contribution in [0.15, 0.2) is 30.3 Å². The quantitative estimate of drug-likeness (QED) is 0.544. The van der Waals surface area contributed by atoms with Gasteiger partial charge in [-0.2, -0.15) is 0 Å². The fraction of sp³-hybridized carbons (Fsp3) is 0.615. The monoisotopic (exact) mass is 480 g/mol. The maximum Gasteiger partial charge on any atom is 0.172 e. The van der Waals surface area contributed by atoms with Gasteiger partial charge in [-0.25, -0.2) is 0 Å². The Kier molecular flexibility index (Phi) is 7.98. The van der Waals surface area contributed by atoms with Gasteiger partial charge in [0.1, 0.15) is 5.75 Å². The molecule has 35 heavy (non-hydrogen) atoms. The molecule has 0 saturated carbocycles. The highest BCUT2D eigenvalue weighted by molar-refractivity contribution is 5.75. The number of rotatable bonds is 7. The molecular formula is C26H40N8O. The lowest BCUT2D eigenvalue weighted by atomic mass is 10.0. The molecule has 3 saturated heterocycles. The van der Waals surface area contributed by atoms with Crippen molar-refractivity contribution in [3.8, 4) is 17.0 Å². The number of hydrogen-bond donors (Lipinski definition) is 3. The van der Waals surface area contributed by atoms with Gasteiger partial charge in [0.2, 0.25) is 0 Å². The number of phenolic OH excluding ortho intramolecular Hbond substituents is 1. The van der Waals surface area contributed by atoms with E-state index < -0.39 is 0 Å². The Bertz CT molecular complexity index is 950. The number of aromatic nitrogens is 2. The highest BCUT2D eigenvalue weighted by Gasteiger charge is 2.29. The summed E-state index contributed by atoms with van der Waals surface area (Å²) in [5.74, 6) is 1.02. The Morgan fingerprint density at radius 3 is 2.29 bits per heavy atom. The van der Waals surface area contributed by atoms with Crippen molar-refractivity contribution in [2.24, 2.45) is 0 Å². The maximum absolute atomic E-state index is 10.3. The Hall–Kier alpha value is -2.46. The van der Waals surface area contributed by atoms with Gasteiger partial charge in [0.15, 0.2) is 5.82 Å². The summed E-state index contributed by atoms with van der Waals surface area (Å²) < 4.78 is 0. The van der Waals surface area contributed by atoms with Crippen LogP contribution in [0, 0.1) is 0 Å². The summed E-state index contributed by atoms with van der Waals surface area (Å²) in [6, 6.07) is 10.1. The van der Waals surface area contributed by atoms with Gasteiger partial charge >= 0.3 is 0 Å². The van der Waals surface area contributed by atoms with Crippen LogP contribution in [0.5, 0.6) is 5.75 Å². The zero-order chi connectivity index (χ0) is 24.0. The van der Waals surface area contributed by atoms with Gasteiger partial charge in [0, 0.05) is 84.1 Å². The average Bonchev–Trinajstić information content (AvgIpc) is 2.93. The number of piperazine rings is 2. The van der Waals surface area contributed by atoms with Crippen molar-refractivity contribution >= 4 is 11.5 Å². The van der Waals surface area contributed by atoms with Crippen molar-refractivity contribution in [3.05, 3.63) is 30.3 Å². The molecule has 3 N–H and O–H groups in total. The summed E-state index contributed by atoms with van der Waals surface area (Å²) in [6.45, 7) is 13.6. The summed E-state index contributed by atoms with van der Waals surface area (Å²) in [6.07, 6.45) is 2.55. The van der Waals surface area contributed by atoms with Crippen LogP contribution in [-0.4, -0.2) is 122 Å². The van der Waals surface area contributed by atoms with Crippen molar-refractivity contribution in [3.63, 3.8) is 0 Å². The molecule has 4 heterocycles. The summed E-state index contributed by atoms with van der Waals surface area (Å²) >= 11 is 0. The predicted octanol–water partition coefficient (Wildman–Crippen LogP) is 1.38. The van der Waals surface area contributed by atoms with Crippen LogP contribution in [0.25, 0.3) is 11.3 Å². The molecule has 1 aromatic heterocycles. The molecule has 3 aliphatic heterocycles. The summed E-state index contributed by atoms with van der Waals surface area (Å²) in [5, 5.41) is 25.7. The second kappa shape index (κ2) is 11.5. The van der Waals surface area contributed by atoms with E-state index in [2.05, 4.69) is 46.5 Å². The van der Waals surface area contributed by atoms with Crippen LogP contribution in [0.4, 0.5) is 11.5 Å². The number of piperidine rings is 1. The van der Waals surface area contributed by atoms with Gasteiger partial charge in [-0.1, -0.05) is 12.1 Å². The molecular weight excluding hydrogens is 440 g/mol. The number of phenols is 1. The van der Waals surface area contributed by atoms with Crippen molar-refractivity contribution in [2.75, 3.05) is 95.8 Å². The first-order valence-corrected chi connectivity index (χ1v) is 13.2. The average molecular weight is 481 g/mol. The van der Waals surface area contributed by atoms with E-state index in [9.17, 15) is 5.11 Å². The highest BCUT2D eigenvalue weighted by Crippen LogP contribution is 2.33. The van der Waals surface area contributed by atoms with Crippen LogP contribution in [0.1, 0.15) is 12.8 Å². The van der Waals surface area contributed by atoms with Crippen LogP contribution in [0.2, 0.25) is 0 Å². The lowest BCUT2D eigenvalue weighted by Crippen LogP contribution is -2.54. The van der Waals surface area contributed by atoms with Crippen LogP contribution in [0.3, 0.4) is 0 Å². The smallest absolute Gasteiger partial charge is 0.172 e. The molecule has 9 nitrogen and oxygen atoms in total. The molecule has 3 aliphatic rings. The summed E-state index contributed by atoms with van der Waals surface area (Å²) in [7, 11) is 1.89. The first-order chi connectivity index (χ1) is 17.2. The maximum atomic E-state index is 10.3. The number of anilines is 2. The van der Waals surface area contributed by atoms with Gasteiger partial charge in [0.05, 0.1) is 11.4 Å². The first-order valence-electron chi connectivity index (χ1n) is 13.2. The minimum Gasteiger partial charge on any atom is -0.507 e. The second-order valence-electron chi connectivity index (χ2n) is 9.92. The van der Waals surface area contributed by atoms with E-state index in [-0.39, 0.29) is 5.75 Å². The number of likely N-dealkylation sites (tertiary alicyclic amines) is 1. The Labute approximate surface area is 209 Å². The lowest BCUT2D eigenvalue weighted by Gasteiger charge is -2.43. The van der Waals surface area contributed by atoms with Crippen molar-refractivity contribution in [2.45, 2.75) is 18.9 Å². The normalized spacial score (nSPS) is 21.3. The molecule has 2 aromatic rings. The Balaban J connectivity index is 1.14. The van der Waals surface area contributed by atoms with Gasteiger partial charge in [0.25, 0.3) is 0 Å². The molecule has 0 bridgehead atoms. The number of nitrogens with one attached hydrogen (secondary N) is 2. The lowest BCUT2D eigenvalue weighted by molar-refractivity contribution is 0.0946. The van der Waals surface area contributed by atoms with Crippen LogP contribution < -0.4 is 15.5 Å². The van der Waals surface area contributed by atoms with Crippen molar-refractivity contribution < 1.29 is 5.11 Å². The molecule has 0 unspecified atom stereocenters. The molecule has 190 valence electrons. The molecule has 3 fully saturated rings. The van der Waals surface area contributed by atoms with Gasteiger partial charge in [-0.15, -0.1) is 10.2 Å². The summed E-state index contributed by atoms with van der Waals surface area (Å²) in [5.41, 5.74) is 2.47. The van der Waals surface area contributed by atoms with E-state index in [1.165, 1.54) is 52.1 Å². The second-order valence-corrected chi connectivity index (χ2v) is 9.92. The predicted molar refractivity (Wildman–Crippen MR) is 141 cm³/mol. The molecule has 1 aromatic carbocycles. The molecule has 5 rings (SSSR count). The van der Waals surface area contributed by atoms with E-state index in [0.717, 1.165) is 50.8 Å². The first kappa shape index (κ1) is 24.2. The minimum absolute atomic E-state index is 0.231. The van der Waals surface area contributed by atoms with E-state index >= 15 is 0 Å². The number of benzene rings is 1. The Morgan fingerprint density at radius 2 is 1.60 bits per heavy atom. The number of para-hydroxylation sites is 1. The van der Waals surface area contributed by atoms with Gasteiger partial charge < -0.3 is 25.5 Å². The standard InChI is InChI=1S/C26H40N8O/c1-27-26-24(20-23(29-30-26)22-4-2-3-5-25(22)35)34-18-16-33(17-19-34)21-6-10-31(11-7-21)14-15-32-12-8-28-9-13-32/h2-5,20-21,28,35H,6-19H2,1H3,(H,27,30). The molecule has 0 atom stereocenters. The van der Waals surface area contributed by atoms with E-state index in [4.69, 9.17) is 0 Å². The fourth-order valence-electron chi connectivity index (χ4n) is 5.68. The molecule has 0 spiro atoms. The topological polar surface area (TPSA) is 83.0 Å². The third-order valence-corrected chi connectivity index (χ3v) is 7.86. The van der Waals surface area contributed by atoms with E-state index in [1.807, 2.05) is 25.2 Å². The molecule has 0 radical (unpaired) electrons. The van der Waals surface area contributed by atoms with E-state index in [0.29, 0.717) is 17.3 Å². The zero-order valence-electron chi connectivity index (χ0n) is 21.0. The molecule has 0 amide bonds. The van der Waals surface area contributed by atoms with Gasteiger partial charge in [-0.3, -0.25) is 9.80 Å². The SMILES string of the molecule is CNc1nnc(-c2ccccc2O)cc1N1CCN(C2CCN(CCN3CCNCC3)CC2)CC1. The van der Waals surface area contributed by atoms with E-state index in [1.54, 1.807) is 6.07 Å². The molecule has 9 heteroatoms. The number of hydrogen-bond acceptors (Lipinski definition) is 9. The van der Waals surface area contributed by atoms with Crippen LogP contribution >= 0.6 is 0 Å². The number of nitrogens with zero attached hydrogens (tertiary/aromatic N) is 6. The Morgan fingerprint density at radius 1 is 0.914 bits per heavy atom. The third kappa shape index (κ3) is 5.86. The number of aromatic hydroxyl groups is 1.